The molecule has 0 saturated carbocycles. The Labute approximate surface area is 116 Å². The molecule has 0 unspecified atom stereocenters. The summed E-state index contributed by atoms with van der Waals surface area (Å²) < 4.78 is 0. The van der Waals surface area contributed by atoms with Crippen LogP contribution in [0, 0.1) is 0 Å². The minimum Gasteiger partial charge on any atom is -0.312 e. The van der Waals surface area contributed by atoms with Crippen LogP contribution in [0.2, 0.25) is 0 Å². The first-order chi connectivity index (χ1) is 8.17. The Morgan fingerprint density at radius 2 is 1.39 bits per heavy atom. The zero-order valence-corrected chi connectivity index (χ0v) is 13.9. The number of rotatable bonds is 8. The summed E-state index contributed by atoms with van der Waals surface area (Å²) in [6, 6.07) is 0. The van der Waals surface area contributed by atoms with Gasteiger partial charge in [0.05, 0.1) is 0 Å². The van der Waals surface area contributed by atoms with Crippen LogP contribution in [0.1, 0.15) is 74.1 Å². The molecule has 18 heavy (non-hydrogen) atoms. The van der Waals surface area contributed by atoms with Crippen LogP contribution in [0.25, 0.3) is 0 Å². The Kier molecular flexibility index (Phi) is 8.13. The highest BCUT2D eigenvalue weighted by molar-refractivity contribution is 4.76. The van der Waals surface area contributed by atoms with Gasteiger partial charge in [-0.2, -0.15) is 0 Å². The zero-order valence-electron chi connectivity index (χ0n) is 13.9. The summed E-state index contributed by atoms with van der Waals surface area (Å²) >= 11 is 0. The molecule has 0 aliphatic rings. The quantitative estimate of drug-likeness (QED) is 0.659. The van der Waals surface area contributed by atoms with Gasteiger partial charge < -0.3 is 5.32 Å². The van der Waals surface area contributed by atoms with Crippen molar-refractivity contribution in [1.29, 1.82) is 0 Å². The average Bonchev–Trinajstić information content (AvgIpc) is 2.18. The van der Waals surface area contributed by atoms with Gasteiger partial charge in [0.2, 0.25) is 0 Å². The van der Waals surface area contributed by atoms with Gasteiger partial charge in [0.25, 0.3) is 0 Å². The van der Waals surface area contributed by atoms with Gasteiger partial charge in [-0.3, -0.25) is 4.90 Å². The largest absolute Gasteiger partial charge is 0.312 e. The molecule has 110 valence electrons. The Hall–Kier alpha value is -0.0800. The van der Waals surface area contributed by atoms with Crippen molar-refractivity contribution in [2.45, 2.75) is 85.2 Å². The second-order valence-corrected chi connectivity index (χ2v) is 7.40. The highest BCUT2D eigenvalue weighted by Crippen LogP contribution is 2.15. The lowest BCUT2D eigenvalue weighted by molar-refractivity contribution is 0.131. The van der Waals surface area contributed by atoms with E-state index >= 15 is 0 Å². The summed E-state index contributed by atoms with van der Waals surface area (Å²) in [5.74, 6) is 0. The highest BCUT2D eigenvalue weighted by atomic mass is 15.2. The summed E-state index contributed by atoms with van der Waals surface area (Å²) in [4.78, 5) is 2.63. The van der Waals surface area contributed by atoms with Crippen molar-refractivity contribution in [2.24, 2.45) is 0 Å². The molecule has 0 radical (unpaired) electrons. The lowest BCUT2D eigenvalue weighted by Crippen LogP contribution is -2.43. The normalized spacial score (nSPS) is 13.3. The topological polar surface area (TPSA) is 15.3 Å². The third-order valence-electron chi connectivity index (χ3n) is 3.24. The third kappa shape index (κ3) is 9.90. The van der Waals surface area contributed by atoms with E-state index in [0.29, 0.717) is 5.54 Å². The minimum atomic E-state index is 0.256. The molecule has 2 nitrogen and oxygen atoms in total. The Balaban J connectivity index is 3.83. The summed E-state index contributed by atoms with van der Waals surface area (Å²) in [6.45, 7) is 19.6. The van der Waals surface area contributed by atoms with E-state index in [2.05, 4.69) is 58.7 Å². The van der Waals surface area contributed by atoms with E-state index in [1.807, 2.05) is 0 Å². The minimum absolute atomic E-state index is 0.256. The third-order valence-corrected chi connectivity index (χ3v) is 3.24. The first kappa shape index (κ1) is 17.9. The van der Waals surface area contributed by atoms with Crippen molar-refractivity contribution in [1.82, 2.24) is 10.2 Å². The summed E-state index contributed by atoms with van der Waals surface area (Å²) in [5.41, 5.74) is 0.568. The number of nitrogens with one attached hydrogen (secondary N) is 1. The molecule has 0 aromatic carbocycles. The molecule has 0 saturated heterocycles. The molecule has 0 bridgehead atoms. The maximum atomic E-state index is 3.56. The predicted octanol–water partition coefficient (Wildman–Crippen LogP) is 4.06. The van der Waals surface area contributed by atoms with Crippen molar-refractivity contribution in [3.05, 3.63) is 0 Å². The van der Waals surface area contributed by atoms with Crippen LogP contribution in [-0.2, 0) is 0 Å². The first-order valence-electron chi connectivity index (χ1n) is 7.67. The van der Waals surface area contributed by atoms with Gasteiger partial charge in [0.1, 0.15) is 0 Å². The van der Waals surface area contributed by atoms with Crippen LogP contribution < -0.4 is 5.32 Å². The van der Waals surface area contributed by atoms with Gasteiger partial charge in [-0.25, -0.2) is 0 Å². The molecule has 2 heteroatoms. The molecule has 0 aromatic rings. The van der Waals surface area contributed by atoms with Gasteiger partial charge in [-0.15, -0.1) is 0 Å². The number of nitrogens with zero attached hydrogens (tertiary/aromatic N) is 1. The van der Waals surface area contributed by atoms with Crippen LogP contribution in [-0.4, -0.2) is 35.6 Å². The highest BCUT2D eigenvalue weighted by Gasteiger charge is 2.19. The van der Waals surface area contributed by atoms with Crippen molar-refractivity contribution in [2.75, 3.05) is 19.6 Å². The molecular formula is C16H36N2. The number of unbranched alkanes of at least 4 members (excludes halogenated alkanes) is 2. The second-order valence-electron chi connectivity index (χ2n) is 7.40. The predicted molar refractivity (Wildman–Crippen MR) is 83.2 cm³/mol. The lowest BCUT2D eigenvalue weighted by atomic mass is 10.0. The van der Waals surface area contributed by atoms with Gasteiger partial charge in [-0.1, -0.05) is 13.3 Å². The van der Waals surface area contributed by atoms with Crippen molar-refractivity contribution < 1.29 is 0 Å². The molecule has 0 rings (SSSR count). The van der Waals surface area contributed by atoms with Gasteiger partial charge in [0, 0.05) is 11.1 Å². The molecular weight excluding hydrogens is 220 g/mol. The van der Waals surface area contributed by atoms with Crippen molar-refractivity contribution in [3.8, 4) is 0 Å². The van der Waals surface area contributed by atoms with Crippen LogP contribution in [0.15, 0.2) is 0 Å². The summed E-state index contributed by atoms with van der Waals surface area (Å²) in [5, 5.41) is 3.56. The van der Waals surface area contributed by atoms with Gasteiger partial charge in [0.15, 0.2) is 0 Å². The average molecular weight is 256 g/mol. The van der Waals surface area contributed by atoms with Crippen molar-refractivity contribution >= 4 is 0 Å². The molecule has 0 aliphatic heterocycles. The fraction of sp³-hybridized carbons (Fsp3) is 1.00. The zero-order chi connectivity index (χ0) is 14.2. The van der Waals surface area contributed by atoms with Crippen LogP contribution >= 0.6 is 0 Å². The van der Waals surface area contributed by atoms with E-state index in [0.717, 1.165) is 6.54 Å². The Morgan fingerprint density at radius 1 is 0.833 bits per heavy atom. The Morgan fingerprint density at radius 3 is 1.83 bits per heavy atom. The number of hydrogen-bond acceptors (Lipinski definition) is 2. The second kappa shape index (κ2) is 8.16. The fourth-order valence-electron chi connectivity index (χ4n) is 2.02. The lowest BCUT2D eigenvalue weighted by Gasteiger charge is -2.36. The van der Waals surface area contributed by atoms with Gasteiger partial charge >= 0.3 is 0 Å². The number of hydrogen-bond donors (Lipinski definition) is 1. The monoisotopic (exact) mass is 256 g/mol. The Bertz CT molecular complexity index is 198. The van der Waals surface area contributed by atoms with Crippen LogP contribution in [0.5, 0.6) is 0 Å². The molecule has 0 aliphatic carbocycles. The summed E-state index contributed by atoms with van der Waals surface area (Å²) in [6.07, 6.45) is 5.18. The first-order valence-corrected chi connectivity index (χ1v) is 7.67. The van der Waals surface area contributed by atoms with E-state index in [-0.39, 0.29) is 5.54 Å². The molecule has 0 spiro atoms. The fourth-order valence-corrected chi connectivity index (χ4v) is 2.02. The van der Waals surface area contributed by atoms with E-state index in [4.69, 9.17) is 0 Å². The molecule has 0 heterocycles. The smallest absolute Gasteiger partial charge is 0.0125 e. The molecule has 0 fully saturated rings. The van der Waals surface area contributed by atoms with Gasteiger partial charge in [-0.05, 0) is 80.4 Å². The summed E-state index contributed by atoms with van der Waals surface area (Å²) in [7, 11) is 0. The SMILES string of the molecule is CCCCN(CCCCNC(C)(C)C)C(C)(C)C. The molecule has 0 amide bonds. The molecule has 1 N–H and O–H groups in total. The van der Waals surface area contributed by atoms with E-state index in [1.54, 1.807) is 0 Å². The maximum absolute atomic E-state index is 3.56. The standard InChI is InChI=1S/C16H36N2/c1-8-9-13-18(16(5,6)7)14-11-10-12-17-15(2,3)4/h17H,8-14H2,1-7H3. The van der Waals surface area contributed by atoms with E-state index < -0.39 is 0 Å². The van der Waals surface area contributed by atoms with Crippen LogP contribution in [0.4, 0.5) is 0 Å². The van der Waals surface area contributed by atoms with E-state index in [9.17, 15) is 0 Å². The molecule has 0 atom stereocenters. The van der Waals surface area contributed by atoms with Crippen molar-refractivity contribution in [3.63, 3.8) is 0 Å². The van der Waals surface area contributed by atoms with E-state index in [1.165, 1.54) is 38.8 Å². The van der Waals surface area contributed by atoms with Crippen LogP contribution in [0.3, 0.4) is 0 Å². The maximum Gasteiger partial charge on any atom is 0.0125 e. The molecule has 0 aromatic heterocycles.